The molecule has 0 N–H and O–H groups in total. The highest BCUT2D eigenvalue weighted by molar-refractivity contribution is 8.13. The highest BCUT2D eigenvalue weighted by atomic mass is 32.2. The van der Waals surface area contributed by atoms with Crippen LogP contribution in [0.1, 0.15) is 33.1 Å². The van der Waals surface area contributed by atoms with Crippen molar-refractivity contribution in [3.63, 3.8) is 0 Å². The van der Waals surface area contributed by atoms with Crippen molar-refractivity contribution in [2.24, 2.45) is 4.99 Å². The maximum absolute atomic E-state index is 4.62. The predicted molar refractivity (Wildman–Crippen MR) is 61.5 cm³/mol. The Morgan fingerprint density at radius 1 is 1.31 bits per heavy atom. The molecule has 0 aromatic rings. The van der Waals surface area contributed by atoms with E-state index in [-0.39, 0.29) is 0 Å². The minimum Gasteiger partial charge on any atom is -0.351 e. The summed E-state index contributed by atoms with van der Waals surface area (Å²) < 4.78 is 0. The minimum absolute atomic E-state index is 0.985. The molecule has 0 atom stereocenters. The van der Waals surface area contributed by atoms with Gasteiger partial charge >= 0.3 is 0 Å². The van der Waals surface area contributed by atoms with Gasteiger partial charge in [-0.3, -0.25) is 4.99 Å². The Hall–Kier alpha value is -0.180. The summed E-state index contributed by atoms with van der Waals surface area (Å²) in [7, 11) is 0. The van der Waals surface area contributed by atoms with E-state index < -0.39 is 0 Å². The van der Waals surface area contributed by atoms with Crippen LogP contribution in [0.3, 0.4) is 0 Å². The molecule has 0 saturated carbocycles. The molecule has 0 aromatic heterocycles. The fourth-order valence-corrected chi connectivity index (χ4v) is 2.29. The molecule has 0 aromatic carbocycles. The lowest BCUT2D eigenvalue weighted by Crippen LogP contribution is -2.25. The van der Waals surface area contributed by atoms with Crippen LogP contribution in [0.2, 0.25) is 0 Å². The van der Waals surface area contributed by atoms with Gasteiger partial charge in [-0.1, -0.05) is 25.6 Å². The van der Waals surface area contributed by atoms with Gasteiger partial charge in [0.05, 0.1) is 0 Å². The molecule has 0 amide bonds. The highest BCUT2D eigenvalue weighted by Gasteiger charge is 2.15. The molecule has 0 spiro atoms. The number of rotatable bonds is 3. The average molecular weight is 200 g/mol. The number of amidine groups is 1. The summed E-state index contributed by atoms with van der Waals surface area (Å²) in [6.45, 7) is 7.80. The van der Waals surface area contributed by atoms with Crippen LogP contribution < -0.4 is 0 Å². The van der Waals surface area contributed by atoms with Crippen LogP contribution >= 0.6 is 11.8 Å². The van der Waals surface area contributed by atoms with E-state index in [1.807, 2.05) is 11.8 Å². The van der Waals surface area contributed by atoms with E-state index in [4.69, 9.17) is 0 Å². The van der Waals surface area contributed by atoms with E-state index in [0.717, 1.165) is 18.7 Å². The molecular weight excluding hydrogens is 180 g/mol. The molecule has 1 saturated heterocycles. The summed E-state index contributed by atoms with van der Waals surface area (Å²) in [5.74, 6) is 1.14. The van der Waals surface area contributed by atoms with Crippen LogP contribution in [0, 0.1) is 0 Å². The first kappa shape index (κ1) is 10.9. The molecule has 3 heteroatoms. The first-order valence-electron chi connectivity index (χ1n) is 5.30. The fraction of sp³-hybridized carbons (Fsp3) is 0.900. The second kappa shape index (κ2) is 6.30. The predicted octanol–water partition coefficient (Wildman–Crippen LogP) is 2.60. The smallest absolute Gasteiger partial charge is 0.159 e. The number of hydrogen-bond donors (Lipinski definition) is 0. The van der Waals surface area contributed by atoms with Gasteiger partial charge < -0.3 is 4.90 Å². The summed E-state index contributed by atoms with van der Waals surface area (Å²) in [6.07, 6.45) is 3.84. The lowest BCUT2D eigenvalue weighted by molar-refractivity contribution is 0.527. The zero-order valence-electron chi connectivity index (χ0n) is 8.75. The number of nitrogens with zero attached hydrogens (tertiary/aromatic N) is 2. The zero-order valence-corrected chi connectivity index (χ0v) is 9.57. The standard InChI is InChI=1S/C10H20N2S/c1-3-7-11-10(13-4-2)12-8-5-6-9-12/h3-9H2,1-2H3. The van der Waals surface area contributed by atoms with Crippen molar-refractivity contribution in [3.05, 3.63) is 0 Å². The third-order valence-electron chi connectivity index (χ3n) is 2.12. The first-order valence-corrected chi connectivity index (χ1v) is 6.29. The van der Waals surface area contributed by atoms with Gasteiger partial charge in [0, 0.05) is 19.6 Å². The Morgan fingerprint density at radius 2 is 2.00 bits per heavy atom. The van der Waals surface area contributed by atoms with Gasteiger partial charge in [-0.25, -0.2) is 0 Å². The van der Waals surface area contributed by atoms with E-state index in [2.05, 4.69) is 23.7 Å². The van der Waals surface area contributed by atoms with Crippen LogP contribution in [-0.2, 0) is 0 Å². The molecule has 1 aliphatic heterocycles. The van der Waals surface area contributed by atoms with E-state index >= 15 is 0 Å². The summed E-state index contributed by atoms with van der Waals surface area (Å²) in [5.41, 5.74) is 0. The van der Waals surface area contributed by atoms with Gasteiger partial charge in [0.2, 0.25) is 0 Å². The van der Waals surface area contributed by atoms with Crippen molar-refractivity contribution in [1.29, 1.82) is 0 Å². The number of likely N-dealkylation sites (tertiary alicyclic amines) is 1. The maximum atomic E-state index is 4.62. The normalized spacial score (nSPS) is 18.3. The van der Waals surface area contributed by atoms with E-state index in [0.29, 0.717) is 0 Å². The summed E-state index contributed by atoms with van der Waals surface area (Å²) in [6, 6.07) is 0. The van der Waals surface area contributed by atoms with Gasteiger partial charge in [0.1, 0.15) is 0 Å². The molecular formula is C10H20N2S. The molecule has 1 aliphatic rings. The molecule has 2 nitrogen and oxygen atoms in total. The van der Waals surface area contributed by atoms with Crippen molar-refractivity contribution in [2.75, 3.05) is 25.4 Å². The van der Waals surface area contributed by atoms with Crippen LogP contribution in [0.25, 0.3) is 0 Å². The summed E-state index contributed by atoms with van der Waals surface area (Å²) >= 11 is 1.89. The Bertz CT molecular complexity index is 162. The van der Waals surface area contributed by atoms with Gasteiger partial charge in [-0.15, -0.1) is 0 Å². The van der Waals surface area contributed by atoms with Crippen molar-refractivity contribution in [1.82, 2.24) is 4.90 Å². The Kier molecular flexibility index (Phi) is 5.28. The highest BCUT2D eigenvalue weighted by Crippen LogP contribution is 2.15. The van der Waals surface area contributed by atoms with Crippen molar-refractivity contribution >= 4 is 16.9 Å². The van der Waals surface area contributed by atoms with Crippen LogP contribution in [-0.4, -0.2) is 35.5 Å². The van der Waals surface area contributed by atoms with E-state index in [1.54, 1.807) is 0 Å². The molecule has 0 aliphatic carbocycles. The molecule has 1 rings (SSSR count). The Morgan fingerprint density at radius 3 is 2.54 bits per heavy atom. The largest absolute Gasteiger partial charge is 0.351 e. The first-order chi connectivity index (χ1) is 6.38. The second-order valence-corrected chi connectivity index (χ2v) is 4.52. The van der Waals surface area contributed by atoms with Gasteiger partial charge in [-0.2, -0.15) is 0 Å². The van der Waals surface area contributed by atoms with Crippen LogP contribution in [0.15, 0.2) is 4.99 Å². The van der Waals surface area contributed by atoms with Crippen molar-refractivity contribution in [2.45, 2.75) is 33.1 Å². The molecule has 0 bridgehead atoms. The number of thioether (sulfide) groups is 1. The van der Waals surface area contributed by atoms with Crippen molar-refractivity contribution in [3.8, 4) is 0 Å². The monoisotopic (exact) mass is 200 g/mol. The van der Waals surface area contributed by atoms with Crippen molar-refractivity contribution < 1.29 is 0 Å². The van der Waals surface area contributed by atoms with Crippen LogP contribution in [0.4, 0.5) is 0 Å². The molecule has 13 heavy (non-hydrogen) atoms. The zero-order chi connectivity index (χ0) is 9.52. The van der Waals surface area contributed by atoms with Gasteiger partial charge in [0.25, 0.3) is 0 Å². The molecule has 0 unspecified atom stereocenters. The third kappa shape index (κ3) is 3.59. The lowest BCUT2D eigenvalue weighted by atomic mass is 10.4. The van der Waals surface area contributed by atoms with Gasteiger partial charge in [-0.05, 0) is 25.0 Å². The average Bonchev–Trinajstić information content (AvgIpc) is 2.65. The number of aliphatic imine (C=N–C) groups is 1. The van der Waals surface area contributed by atoms with Gasteiger partial charge in [0.15, 0.2) is 5.17 Å². The molecule has 76 valence electrons. The van der Waals surface area contributed by atoms with E-state index in [9.17, 15) is 0 Å². The number of hydrogen-bond acceptors (Lipinski definition) is 2. The molecule has 1 fully saturated rings. The van der Waals surface area contributed by atoms with E-state index in [1.165, 1.54) is 31.1 Å². The van der Waals surface area contributed by atoms with Crippen LogP contribution in [0.5, 0.6) is 0 Å². The quantitative estimate of drug-likeness (QED) is 0.514. The Balaban J connectivity index is 2.44. The maximum Gasteiger partial charge on any atom is 0.159 e. The second-order valence-electron chi connectivity index (χ2n) is 3.29. The Labute approximate surface area is 85.8 Å². The molecule has 1 heterocycles. The fourth-order valence-electron chi connectivity index (χ4n) is 1.48. The topological polar surface area (TPSA) is 15.6 Å². The SMILES string of the molecule is CCCN=C(SCC)N1CCCC1. The molecule has 0 radical (unpaired) electrons. The summed E-state index contributed by atoms with van der Waals surface area (Å²) in [4.78, 5) is 7.05. The minimum atomic E-state index is 0.985. The lowest BCUT2D eigenvalue weighted by Gasteiger charge is -2.18. The summed E-state index contributed by atoms with van der Waals surface area (Å²) in [5, 5.41) is 1.28. The third-order valence-corrected chi connectivity index (χ3v) is 3.05.